The maximum atomic E-state index is 12.5. The zero-order chi connectivity index (χ0) is 14.9. The van der Waals surface area contributed by atoms with Crippen LogP contribution < -0.4 is 5.32 Å². The van der Waals surface area contributed by atoms with Gasteiger partial charge in [-0.3, -0.25) is 4.79 Å². The smallest absolute Gasteiger partial charge is 0.471 e. The second-order valence-corrected chi connectivity index (χ2v) is 3.96. The van der Waals surface area contributed by atoms with E-state index in [0.29, 0.717) is 13.8 Å². The molecular formula is C8H9F6NO3. The van der Waals surface area contributed by atoms with Gasteiger partial charge in [-0.1, -0.05) is 0 Å². The summed E-state index contributed by atoms with van der Waals surface area (Å²) < 4.78 is 73.1. The van der Waals surface area contributed by atoms with Crippen molar-refractivity contribution in [2.75, 3.05) is 0 Å². The molecule has 0 radical (unpaired) electrons. The summed E-state index contributed by atoms with van der Waals surface area (Å²) in [5, 5.41) is 9.32. The first-order valence-corrected chi connectivity index (χ1v) is 4.38. The van der Waals surface area contributed by atoms with E-state index in [0.717, 1.165) is 5.32 Å². The average Bonchev–Trinajstić information content (AvgIpc) is 2.08. The first kappa shape index (κ1) is 16.5. The fraction of sp³-hybridized carbons (Fsp3) is 0.750. The highest BCUT2D eigenvalue weighted by Crippen LogP contribution is 2.40. The van der Waals surface area contributed by atoms with Crippen molar-refractivity contribution in [2.45, 2.75) is 32.2 Å². The zero-order valence-corrected chi connectivity index (χ0v) is 9.11. The average molecular weight is 281 g/mol. The number of nitrogens with one attached hydrogen (secondary N) is 1. The van der Waals surface area contributed by atoms with Crippen molar-refractivity contribution in [3.05, 3.63) is 0 Å². The Morgan fingerprint density at radius 1 is 1.06 bits per heavy atom. The molecule has 106 valence electrons. The van der Waals surface area contributed by atoms with Crippen LogP contribution in [0.15, 0.2) is 0 Å². The van der Waals surface area contributed by atoms with Crippen LogP contribution in [0, 0.1) is 5.41 Å². The number of halogens is 6. The summed E-state index contributed by atoms with van der Waals surface area (Å²) in [4.78, 5) is 21.1. The molecule has 2 N–H and O–H groups in total. The van der Waals surface area contributed by atoms with E-state index in [4.69, 9.17) is 5.11 Å². The molecule has 0 fully saturated rings. The van der Waals surface area contributed by atoms with Crippen LogP contribution in [0.2, 0.25) is 0 Å². The zero-order valence-electron chi connectivity index (χ0n) is 9.11. The molecule has 0 aromatic carbocycles. The third kappa shape index (κ3) is 3.50. The highest BCUT2D eigenvalue weighted by Gasteiger charge is 2.57. The number of hydrogen-bond acceptors (Lipinski definition) is 2. The van der Waals surface area contributed by atoms with E-state index in [1.807, 2.05) is 0 Å². The van der Waals surface area contributed by atoms with Crippen LogP contribution in [-0.2, 0) is 9.59 Å². The summed E-state index contributed by atoms with van der Waals surface area (Å²) in [6.07, 6.45) is -10.6. The van der Waals surface area contributed by atoms with E-state index in [-0.39, 0.29) is 0 Å². The van der Waals surface area contributed by atoms with Gasteiger partial charge in [0.05, 0.1) is 5.41 Å². The van der Waals surface area contributed by atoms with Gasteiger partial charge in [-0.2, -0.15) is 26.3 Å². The van der Waals surface area contributed by atoms with Gasteiger partial charge < -0.3 is 10.4 Å². The normalized spacial score (nSPS) is 15.1. The lowest BCUT2D eigenvalue weighted by Crippen LogP contribution is -2.58. The van der Waals surface area contributed by atoms with Crippen LogP contribution in [0.4, 0.5) is 26.3 Å². The van der Waals surface area contributed by atoms with Gasteiger partial charge in [0.15, 0.2) is 0 Å². The summed E-state index contributed by atoms with van der Waals surface area (Å²) in [5.74, 6) is -4.96. The number of carbonyl (C=O) groups excluding carboxylic acids is 1. The number of aliphatic carboxylic acids is 1. The fourth-order valence-corrected chi connectivity index (χ4v) is 0.927. The number of amides is 1. The summed E-state index contributed by atoms with van der Waals surface area (Å²) >= 11 is 0. The molecule has 0 heterocycles. The van der Waals surface area contributed by atoms with Crippen LogP contribution in [0.25, 0.3) is 0 Å². The summed E-state index contributed by atoms with van der Waals surface area (Å²) in [5.41, 5.74) is -3.06. The standard InChI is InChI=1S/C8H9F6NO3/c1-6(2,8(12,13)14)3(4(16)17)15-5(18)7(9,10)11/h3H,1-2H3,(H,15,18)(H,16,17). The third-order valence-electron chi connectivity index (χ3n) is 2.23. The van der Waals surface area contributed by atoms with E-state index in [2.05, 4.69) is 0 Å². The minimum absolute atomic E-state index is 0.377. The van der Waals surface area contributed by atoms with Gasteiger partial charge in [-0.05, 0) is 13.8 Å². The number of carboxylic acids is 1. The maximum absolute atomic E-state index is 12.5. The van der Waals surface area contributed by atoms with Gasteiger partial charge in [0.25, 0.3) is 0 Å². The Morgan fingerprint density at radius 2 is 1.44 bits per heavy atom. The Hall–Kier alpha value is -1.48. The number of hydrogen-bond donors (Lipinski definition) is 2. The quantitative estimate of drug-likeness (QED) is 0.774. The number of alkyl halides is 6. The van der Waals surface area contributed by atoms with Crippen molar-refractivity contribution in [1.82, 2.24) is 5.32 Å². The topological polar surface area (TPSA) is 66.4 Å². The molecule has 0 bridgehead atoms. The number of rotatable bonds is 3. The van der Waals surface area contributed by atoms with Crippen LogP contribution in [0.3, 0.4) is 0 Å². The molecule has 0 aromatic rings. The van der Waals surface area contributed by atoms with E-state index in [9.17, 15) is 35.9 Å². The molecule has 0 aliphatic heterocycles. The van der Waals surface area contributed by atoms with Crippen LogP contribution in [-0.4, -0.2) is 35.4 Å². The molecule has 18 heavy (non-hydrogen) atoms. The predicted molar refractivity (Wildman–Crippen MR) is 45.5 cm³/mol. The molecule has 0 saturated carbocycles. The molecule has 0 aliphatic carbocycles. The van der Waals surface area contributed by atoms with Gasteiger partial charge in [0.2, 0.25) is 0 Å². The summed E-state index contributed by atoms with van der Waals surface area (Å²) in [7, 11) is 0. The monoisotopic (exact) mass is 281 g/mol. The molecule has 1 amide bonds. The van der Waals surface area contributed by atoms with Crippen LogP contribution in [0.5, 0.6) is 0 Å². The Kier molecular flexibility index (Phi) is 4.27. The molecule has 0 aromatic heterocycles. The second kappa shape index (κ2) is 4.65. The van der Waals surface area contributed by atoms with Crippen LogP contribution in [0.1, 0.15) is 13.8 Å². The van der Waals surface area contributed by atoms with Crippen molar-refractivity contribution >= 4 is 11.9 Å². The molecule has 4 nitrogen and oxygen atoms in total. The molecule has 1 unspecified atom stereocenters. The molecule has 0 rings (SSSR count). The van der Waals surface area contributed by atoms with E-state index >= 15 is 0 Å². The minimum atomic E-state index is -5.46. The minimum Gasteiger partial charge on any atom is -0.480 e. The third-order valence-corrected chi connectivity index (χ3v) is 2.23. The van der Waals surface area contributed by atoms with Crippen molar-refractivity contribution in [1.29, 1.82) is 0 Å². The first-order valence-electron chi connectivity index (χ1n) is 4.38. The Morgan fingerprint density at radius 3 is 1.67 bits per heavy atom. The largest absolute Gasteiger partial charge is 0.480 e. The lowest BCUT2D eigenvalue weighted by Gasteiger charge is -2.33. The Bertz CT molecular complexity index is 346. The molecule has 0 spiro atoms. The number of carbonyl (C=O) groups is 2. The van der Waals surface area contributed by atoms with E-state index in [1.165, 1.54) is 0 Å². The van der Waals surface area contributed by atoms with Crippen molar-refractivity contribution in [3.63, 3.8) is 0 Å². The molecular weight excluding hydrogens is 272 g/mol. The molecule has 0 saturated heterocycles. The number of carboxylic acid groups (broad SMARTS) is 1. The van der Waals surface area contributed by atoms with Gasteiger partial charge in [0, 0.05) is 0 Å². The molecule has 10 heteroatoms. The van der Waals surface area contributed by atoms with Crippen molar-refractivity contribution in [2.24, 2.45) is 5.41 Å². The van der Waals surface area contributed by atoms with Crippen LogP contribution >= 0.6 is 0 Å². The lowest BCUT2D eigenvalue weighted by molar-refractivity contribution is -0.226. The van der Waals surface area contributed by atoms with Gasteiger partial charge in [0.1, 0.15) is 6.04 Å². The molecule has 1 atom stereocenters. The van der Waals surface area contributed by atoms with Crippen molar-refractivity contribution < 1.29 is 41.0 Å². The van der Waals surface area contributed by atoms with Gasteiger partial charge in [-0.25, -0.2) is 4.79 Å². The summed E-state index contributed by atoms with van der Waals surface area (Å²) in [6.45, 7) is 0.755. The lowest BCUT2D eigenvalue weighted by atomic mass is 9.83. The maximum Gasteiger partial charge on any atom is 0.471 e. The summed E-state index contributed by atoms with van der Waals surface area (Å²) in [6, 6.07) is -2.74. The highest BCUT2D eigenvalue weighted by molar-refractivity contribution is 5.87. The Balaban J connectivity index is 5.26. The van der Waals surface area contributed by atoms with E-state index < -0.39 is 35.7 Å². The fourth-order valence-electron chi connectivity index (χ4n) is 0.927. The van der Waals surface area contributed by atoms with Crippen molar-refractivity contribution in [3.8, 4) is 0 Å². The predicted octanol–water partition coefficient (Wildman–Crippen LogP) is 1.71. The Labute approximate surface area is 97.0 Å². The van der Waals surface area contributed by atoms with Gasteiger partial charge in [-0.15, -0.1) is 0 Å². The van der Waals surface area contributed by atoms with E-state index in [1.54, 1.807) is 0 Å². The first-order chi connectivity index (χ1) is 7.71. The molecule has 0 aliphatic rings. The SMILES string of the molecule is CC(C)(C(NC(=O)C(F)(F)F)C(=O)O)C(F)(F)F. The highest BCUT2D eigenvalue weighted by atomic mass is 19.4. The van der Waals surface area contributed by atoms with Gasteiger partial charge >= 0.3 is 24.2 Å². The second-order valence-electron chi connectivity index (χ2n) is 3.96.